The van der Waals surface area contributed by atoms with Crippen LogP contribution >= 0.6 is 0 Å². The van der Waals surface area contributed by atoms with Gasteiger partial charge in [0.15, 0.2) is 0 Å². The average molecular weight is 823 g/mol. The Labute approximate surface area is 305 Å². The number of aromatic nitrogens is 6. The molecular weight excluding hydrogens is 792 g/mol. The van der Waals surface area contributed by atoms with Crippen LogP contribution in [0.2, 0.25) is 0 Å². The molecule has 0 saturated carbocycles. The first-order valence-corrected chi connectivity index (χ1v) is 13.0. The van der Waals surface area contributed by atoms with Crippen molar-refractivity contribution in [2.45, 2.75) is 18.3 Å². The van der Waals surface area contributed by atoms with E-state index in [0.29, 0.717) is 17.1 Å². The van der Waals surface area contributed by atoms with Gasteiger partial charge >= 0.3 is 0 Å². The molecule has 9 N–H and O–H groups in total. The van der Waals surface area contributed by atoms with Gasteiger partial charge in [0.2, 0.25) is 0 Å². The Bertz CT molecular complexity index is 1300. The van der Waals surface area contributed by atoms with E-state index >= 15 is 0 Å². The number of nitrogens with zero attached hydrogens (tertiary/aromatic N) is 3. The number of imidazole rings is 3. The third-order valence-corrected chi connectivity index (χ3v) is 4.09. The number of aliphatic hydroxyl groups is 6. The largest absolute Gasteiger partial charge is 0.547 e. The fourth-order valence-electron chi connectivity index (χ4n) is 1.77. The van der Waals surface area contributed by atoms with Crippen molar-refractivity contribution in [1.29, 1.82) is 0 Å². The Morgan fingerprint density at radius 1 is 0.519 bits per heavy atom. The van der Waals surface area contributed by atoms with Crippen molar-refractivity contribution in [2.24, 2.45) is 0 Å². The van der Waals surface area contributed by atoms with Crippen molar-refractivity contribution in [2.75, 3.05) is 19.8 Å². The minimum atomic E-state index is -1.74. The van der Waals surface area contributed by atoms with Gasteiger partial charge in [-0.05, 0) is 36.5 Å². The Kier molecular flexibility index (Phi) is 34.2. The summed E-state index contributed by atoms with van der Waals surface area (Å²) in [5, 5.41) is 105. The molecule has 0 aromatic carbocycles. The maximum atomic E-state index is 9.86. The first-order chi connectivity index (χ1) is 23.9. The van der Waals surface area contributed by atoms with E-state index in [9.17, 15) is 59.4 Å². The molecule has 0 aliphatic carbocycles. The summed E-state index contributed by atoms with van der Waals surface area (Å²) >= 11 is 0. The van der Waals surface area contributed by atoms with Gasteiger partial charge in [0.05, 0.1) is 110 Å². The summed E-state index contributed by atoms with van der Waals surface area (Å²) in [6.45, 7) is -2.37. The molecular formula is C27H30MoN6O18-6. The van der Waals surface area contributed by atoms with Gasteiger partial charge in [-0.1, -0.05) is 0 Å². The zero-order chi connectivity index (χ0) is 39.8. The Hall–Kier alpha value is -5.88. The van der Waals surface area contributed by atoms with Crippen LogP contribution in [0.25, 0.3) is 18.2 Å². The number of rotatable bonds is 12. The van der Waals surface area contributed by atoms with Gasteiger partial charge < -0.3 is 105 Å². The molecule has 0 saturated heterocycles. The number of carbonyl (C=O) groups is 6. The predicted octanol–water partition coefficient (Wildman–Crippen LogP) is -11.2. The van der Waals surface area contributed by atoms with Crippen LogP contribution in [0, 0.1) is 0 Å². The first kappa shape index (κ1) is 52.9. The number of hydrogen-bond acceptors (Lipinski definition) is 21. The molecule has 3 aromatic heterocycles. The molecule has 25 heteroatoms. The van der Waals surface area contributed by atoms with E-state index < -0.39 is 73.9 Å². The number of carboxylic acids is 6. The Morgan fingerprint density at radius 2 is 0.731 bits per heavy atom. The van der Waals surface area contributed by atoms with Crippen molar-refractivity contribution in [3.8, 4) is 0 Å². The smallest absolute Gasteiger partial charge is 0.116 e. The molecule has 3 atom stereocenters. The molecule has 3 heterocycles. The van der Waals surface area contributed by atoms with Crippen LogP contribution in [0.4, 0.5) is 0 Å². The van der Waals surface area contributed by atoms with Gasteiger partial charge in [0.1, 0.15) is 18.3 Å². The van der Waals surface area contributed by atoms with E-state index in [1.54, 1.807) is 0 Å². The Balaban J connectivity index is -0.000000267. The molecule has 3 aromatic rings. The Morgan fingerprint density at radius 3 is 0.827 bits per heavy atom. The van der Waals surface area contributed by atoms with Crippen LogP contribution in [0.15, 0.2) is 55.8 Å². The van der Waals surface area contributed by atoms with Gasteiger partial charge in [-0.25, -0.2) is 15.0 Å². The van der Waals surface area contributed by atoms with E-state index in [1.165, 1.54) is 55.8 Å². The molecule has 0 bridgehead atoms. The van der Waals surface area contributed by atoms with E-state index in [-0.39, 0.29) is 21.1 Å². The maximum absolute atomic E-state index is 9.86. The SMILES string of the molecule is O=C([O-])C(O)CO.O=C([O-])C(O)CO.O=C([O-])C(O)CO.O=C([O-])C=Cc1cnc[nH]1.O=C([O-])C=Cc1cnc[nH]1.O=C([O-])C=Cc1cnc[nH]1.[Mo]. The third-order valence-electron chi connectivity index (χ3n) is 4.09. The van der Waals surface area contributed by atoms with Crippen LogP contribution < -0.4 is 30.6 Å². The summed E-state index contributed by atoms with van der Waals surface area (Å²) in [5.74, 6) is -8.59. The standard InChI is InChI=1S/3C6H6N2O2.3C3H6O4.Mo/c3*9-6(10)2-1-5-3-7-4-8-5;3*4-1-2(5)3(6)7;/h3*1-4H,(H,7,8)(H,9,10);3*2,4-5H,1H2,(H,6,7);/p-6. The minimum absolute atomic E-state index is 0. The zero-order valence-electron chi connectivity index (χ0n) is 26.1. The van der Waals surface area contributed by atoms with Crippen LogP contribution in [0.5, 0.6) is 0 Å². The second-order valence-corrected chi connectivity index (χ2v) is 8.03. The maximum Gasteiger partial charge on any atom is 0.116 e. The molecule has 0 aliphatic heterocycles. The molecule has 0 fully saturated rings. The van der Waals surface area contributed by atoms with Crippen molar-refractivity contribution in [1.82, 2.24) is 29.9 Å². The minimum Gasteiger partial charge on any atom is -0.547 e. The summed E-state index contributed by atoms with van der Waals surface area (Å²) < 4.78 is 0. The number of carbonyl (C=O) groups excluding carboxylic acids is 6. The van der Waals surface area contributed by atoms with E-state index in [0.717, 1.165) is 18.2 Å². The third kappa shape index (κ3) is 35.4. The number of hydrogen-bond donors (Lipinski definition) is 9. The molecule has 0 spiro atoms. The average Bonchev–Trinajstić information content (AvgIpc) is 3.90. The molecule has 0 radical (unpaired) electrons. The number of aromatic amines is 3. The summed E-state index contributed by atoms with van der Waals surface area (Å²) in [6.07, 6.45) is 10.7. The van der Waals surface area contributed by atoms with E-state index in [1.807, 2.05) is 0 Å². The summed E-state index contributed by atoms with van der Waals surface area (Å²) in [5.41, 5.74) is 1.93. The van der Waals surface area contributed by atoms with Gasteiger partial charge in [-0.15, -0.1) is 0 Å². The van der Waals surface area contributed by atoms with Gasteiger partial charge in [0, 0.05) is 21.1 Å². The number of nitrogens with one attached hydrogen (secondary N) is 3. The van der Waals surface area contributed by atoms with Crippen molar-refractivity contribution < 1.29 is 111 Å². The van der Waals surface area contributed by atoms with E-state index in [2.05, 4.69) is 29.9 Å². The molecule has 52 heavy (non-hydrogen) atoms. The van der Waals surface area contributed by atoms with Crippen LogP contribution in [-0.4, -0.2) is 134 Å². The summed E-state index contributed by atoms with van der Waals surface area (Å²) in [7, 11) is 0. The quantitative estimate of drug-likeness (QED) is 0.0605. The fourth-order valence-corrected chi connectivity index (χ4v) is 1.77. The summed E-state index contributed by atoms with van der Waals surface area (Å²) in [4.78, 5) is 77.0. The number of aliphatic hydroxyl groups excluding tert-OH is 6. The predicted molar refractivity (Wildman–Crippen MR) is 152 cm³/mol. The van der Waals surface area contributed by atoms with Gasteiger partial charge in [-0.2, -0.15) is 0 Å². The zero-order valence-corrected chi connectivity index (χ0v) is 28.1. The second kappa shape index (κ2) is 33.6. The van der Waals surface area contributed by atoms with Crippen molar-refractivity contribution >= 4 is 54.0 Å². The van der Waals surface area contributed by atoms with Crippen LogP contribution in [0.1, 0.15) is 17.1 Å². The van der Waals surface area contributed by atoms with Crippen LogP contribution in [0.3, 0.4) is 0 Å². The molecule has 3 unspecified atom stereocenters. The monoisotopic (exact) mass is 824 g/mol. The normalized spacial score (nSPS) is 11.4. The summed E-state index contributed by atoms with van der Waals surface area (Å²) in [6, 6.07) is 0. The number of aliphatic carboxylic acids is 6. The first-order valence-electron chi connectivity index (χ1n) is 13.0. The van der Waals surface area contributed by atoms with Crippen molar-refractivity contribution in [3.63, 3.8) is 0 Å². The van der Waals surface area contributed by atoms with Gasteiger partial charge in [-0.3, -0.25) is 0 Å². The van der Waals surface area contributed by atoms with E-state index in [4.69, 9.17) is 30.6 Å². The fraction of sp³-hybridized carbons (Fsp3) is 0.222. The van der Waals surface area contributed by atoms with Gasteiger partial charge in [0.25, 0.3) is 0 Å². The van der Waals surface area contributed by atoms with Crippen LogP contribution in [-0.2, 0) is 49.8 Å². The number of H-pyrrole nitrogens is 3. The number of carboxylic acid groups (broad SMARTS) is 6. The molecule has 288 valence electrons. The molecule has 24 nitrogen and oxygen atoms in total. The van der Waals surface area contributed by atoms with Crippen molar-refractivity contribution in [3.05, 3.63) is 72.9 Å². The second-order valence-electron chi connectivity index (χ2n) is 8.03. The molecule has 0 aliphatic rings. The molecule has 0 amide bonds. The molecule has 3 rings (SSSR count). The topological polar surface area (TPSA) is 448 Å².